The first-order valence-corrected chi connectivity index (χ1v) is 17.5. The van der Waals surface area contributed by atoms with Crippen molar-refractivity contribution in [3.8, 4) is 0 Å². The number of alkyl halides is 1. The summed E-state index contributed by atoms with van der Waals surface area (Å²) in [5.74, 6) is -5.83. The maximum atomic E-state index is 13.6. The molecule has 10 atom stereocenters. The van der Waals surface area contributed by atoms with Gasteiger partial charge in [-0.25, -0.2) is 9.59 Å². The van der Waals surface area contributed by atoms with Gasteiger partial charge in [0.25, 0.3) is 0 Å². The SMILES string of the molecule is CC(=O)OC[C@H]1O[C@H](Br)[C@H](OC(=O)c2ccccc2)[C@@H](OC(=O)c2ccccc2)[C@H]1O[C@H]1O[C@H](COC(C)=O)[C@H](OC(C)=O)[C@H](OC(C)=O)[C@H]1OC(C)=O. The number of carbonyl (C=O) groups excluding carboxylic acids is 7. The summed E-state index contributed by atoms with van der Waals surface area (Å²) >= 11 is 3.36. The van der Waals surface area contributed by atoms with E-state index < -0.39 is 115 Å². The Kier molecular flexibility index (Phi) is 15.1. The first-order chi connectivity index (χ1) is 25.6. The van der Waals surface area contributed by atoms with Gasteiger partial charge in [0, 0.05) is 34.6 Å². The van der Waals surface area contributed by atoms with E-state index in [9.17, 15) is 33.6 Å². The topological polar surface area (TPSA) is 212 Å². The van der Waals surface area contributed by atoms with Gasteiger partial charge >= 0.3 is 41.8 Å². The fourth-order valence-corrected chi connectivity index (χ4v) is 6.29. The van der Waals surface area contributed by atoms with Crippen LogP contribution in [0.2, 0.25) is 0 Å². The molecule has 2 aromatic carbocycles. The highest BCUT2D eigenvalue weighted by Gasteiger charge is 2.57. The number of rotatable bonds is 13. The van der Waals surface area contributed by atoms with Crippen molar-refractivity contribution >= 4 is 57.7 Å². The maximum absolute atomic E-state index is 13.6. The molecule has 54 heavy (non-hydrogen) atoms. The molecule has 18 heteroatoms. The minimum Gasteiger partial charge on any atom is -0.463 e. The van der Waals surface area contributed by atoms with Gasteiger partial charge in [-0.2, -0.15) is 0 Å². The number of halogens is 1. The van der Waals surface area contributed by atoms with Gasteiger partial charge in [0.15, 0.2) is 41.8 Å². The van der Waals surface area contributed by atoms with E-state index in [-0.39, 0.29) is 11.1 Å². The average Bonchev–Trinajstić information content (AvgIpc) is 3.11. The van der Waals surface area contributed by atoms with E-state index in [4.69, 9.17) is 47.4 Å². The molecule has 0 bridgehead atoms. The third-order valence-electron chi connectivity index (χ3n) is 7.77. The van der Waals surface area contributed by atoms with Gasteiger partial charge in [0.05, 0.1) is 11.1 Å². The molecule has 2 heterocycles. The molecular formula is C36H39BrO17. The number of esters is 7. The second kappa shape index (κ2) is 19.4. The first-order valence-electron chi connectivity index (χ1n) is 16.6. The number of hydrogen-bond acceptors (Lipinski definition) is 17. The van der Waals surface area contributed by atoms with Crippen LogP contribution in [-0.2, 0) is 71.3 Å². The lowest BCUT2D eigenvalue weighted by molar-refractivity contribution is -0.339. The summed E-state index contributed by atoms with van der Waals surface area (Å²) in [6, 6.07) is 15.7. The quantitative estimate of drug-likeness (QED) is 0.161. The Labute approximate surface area is 317 Å². The average molecular weight is 824 g/mol. The normalized spacial score (nSPS) is 27.7. The molecule has 0 amide bonds. The maximum Gasteiger partial charge on any atom is 0.338 e. The largest absolute Gasteiger partial charge is 0.463 e. The van der Waals surface area contributed by atoms with E-state index in [1.165, 1.54) is 24.3 Å². The van der Waals surface area contributed by atoms with Crippen LogP contribution >= 0.6 is 15.9 Å². The zero-order valence-corrected chi connectivity index (χ0v) is 31.4. The summed E-state index contributed by atoms with van der Waals surface area (Å²) in [4.78, 5) is 88.0. The molecule has 0 unspecified atom stereocenters. The van der Waals surface area contributed by atoms with Gasteiger partial charge in [-0.05, 0) is 24.3 Å². The number of ether oxygens (including phenoxy) is 10. The van der Waals surface area contributed by atoms with E-state index in [0.29, 0.717) is 0 Å². The summed E-state index contributed by atoms with van der Waals surface area (Å²) in [6.45, 7) is 4.33. The molecule has 0 aromatic heterocycles. The Hall–Kier alpha value is -4.91. The highest BCUT2D eigenvalue weighted by Crippen LogP contribution is 2.37. The second-order valence-corrected chi connectivity index (χ2v) is 12.9. The summed E-state index contributed by atoms with van der Waals surface area (Å²) in [7, 11) is 0. The first kappa shape index (κ1) is 41.8. The predicted molar refractivity (Wildman–Crippen MR) is 182 cm³/mol. The Morgan fingerprint density at radius 2 is 0.907 bits per heavy atom. The van der Waals surface area contributed by atoms with Gasteiger partial charge in [-0.1, -0.05) is 52.3 Å². The van der Waals surface area contributed by atoms with E-state index >= 15 is 0 Å². The molecule has 4 rings (SSSR count). The Morgan fingerprint density at radius 3 is 1.37 bits per heavy atom. The smallest absolute Gasteiger partial charge is 0.338 e. The summed E-state index contributed by atoms with van der Waals surface area (Å²) < 4.78 is 57.4. The molecule has 0 N–H and O–H groups in total. The third kappa shape index (κ3) is 11.5. The van der Waals surface area contributed by atoms with Crippen molar-refractivity contribution in [2.75, 3.05) is 13.2 Å². The molecule has 0 saturated carbocycles. The Balaban J connectivity index is 1.84. The Morgan fingerprint density at radius 1 is 0.500 bits per heavy atom. The summed E-state index contributed by atoms with van der Waals surface area (Å²) in [5.41, 5.74) is 0.246. The molecule has 0 spiro atoms. The van der Waals surface area contributed by atoms with Gasteiger partial charge < -0.3 is 47.4 Å². The minimum absolute atomic E-state index is 0.103. The minimum atomic E-state index is -1.80. The van der Waals surface area contributed by atoms with Gasteiger partial charge in [0.2, 0.25) is 0 Å². The fourth-order valence-electron chi connectivity index (χ4n) is 5.61. The fraction of sp³-hybridized carbons (Fsp3) is 0.472. The zero-order valence-electron chi connectivity index (χ0n) is 29.8. The molecule has 0 radical (unpaired) electrons. The van der Waals surface area contributed by atoms with E-state index in [0.717, 1.165) is 34.6 Å². The monoisotopic (exact) mass is 822 g/mol. The van der Waals surface area contributed by atoms with E-state index in [2.05, 4.69) is 15.9 Å². The van der Waals surface area contributed by atoms with Crippen LogP contribution in [0.3, 0.4) is 0 Å². The van der Waals surface area contributed by atoms with Crippen molar-refractivity contribution in [2.24, 2.45) is 0 Å². The Bertz CT molecular complexity index is 1650. The van der Waals surface area contributed by atoms with Crippen molar-refractivity contribution in [3.63, 3.8) is 0 Å². The molecule has 292 valence electrons. The van der Waals surface area contributed by atoms with Gasteiger partial charge in [-0.3, -0.25) is 24.0 Å². The molecule has 2 aromatic rings. The molecule has 2 saturated heterocycles. The molecular weight excluding hydrogens is 784 g/mol. The molecule has 2 aliphatic heterocycles. The summed E-state index contributed by atoms with van der Waals surface area (Å²) in [5, 5.41) is -1.20. The lowest BCUT2D eigenvalue weighted by Gasteiger charge is -2.48. The van der Waals surface area contributed by atoms with Crippen LogP contribution in [0.4, 0.5) is 0 Å². The van der Waals surface area contributed by atoms with Crippen LogP contribution in [-0.4, -0.2) is 115 Å². The van der Waals surface area contributed by atoms with Crippen LogP contribution in [0.1, 0.15) is 55.3 Å². The highest BCUT2D eigenvalue weighted by atomic mass is 79.9. The molecule has 2 fully saturated rings. The lowest BCUT2D eigenvalue weighted by atomic mass is 9.96. The second-order valence-electron chi connectivity index (χ2n) is 12.0. The highest BCUT2D eigenvalue weighted by molar-refractivity contribution is 9.09. The van der Waals surface area contributed by atoms with E-state index in [1.54, 1.807) is 36.4 Å². The van der Waals surface area contributed by atoms with Crippen LogP contribution < -0.4 is 0 Å². The van der Waals surface area contributed by atoms with Crippen molar-refractivity contribution in [3.05, 3.63) is 71.8 Å². The zero-order chi connectivity index (χ0) is 39.5. The standard InChI is InChI=1S/C36H39BrO17/c1-18(38)45-16-25-28(54-36-32(49-22(5)42)30(48-21(4)41)27(47-20(3)40)26(51-36)17-46-19(2)39)29(52-34(43)23-12-8-6-9-13-23)31(33(37)50-25)53-35(44)24-14-10-7-11-15-24/h6-15,25-33,36H,16-17H2,1-5H3/t25-,26-,27+,28+,29+,30+,31-,32-,33+,36-/m1/s1. The van der Waals surface area contributed by atoms with Crippen molar-refractivity contribution < 1.29 is 80.9 Å². The van der Waals surface area contributed by atoms with Crippen LogP contribution in [0.5, 0.6) is 0 Å². The lowest BCUT2D eigenvalue weighted by Crippen LogP contribution is -2.66. The predicted octanol–water partition coefficient (Wildman–Crippen LogP) is 2.59. The van der Waals surface area contributed by atoms with E-state index in [1.807, 2.05) is 0 Å². The molecule has 17 nitrogen and oxygen atoms in total. The number of carbonyl (C=O) groups is 7. The number of benzene rings is 2. The third-order valence-corrected chi connectivity index (χ3v) is 8.51. The van der Waals surface area contributed by atoms with Crippen molar-refractivity contribution in [1.29, 1.82) is 0 Å². The van der Waals surface area contributed by atoms with Gasteiger partial charge in [0.1, 0.15) is 31.5 Å². The van der Waals surface area contributed by atoms with Gasteiger partial charge in [-0.15, -0.1) is 0 Å². The van der Waals surface area contributed by atoms with Crippen LogP contribution in [0.25, 0.3) is 0 Å². The molecule has 2 aliphatic rings. The number of hydrogen-bond donors (Lipinski definition) is 0. The van der Waals surface area contributed by atoms with Crippen molar-refractivity contribution in [1.82, 2.24) is 0 Å². The van der Waals surface area contributed by atoms with Crippen LogP contribution in [0.15, 0.2) is 60.7 Å². The summed E-state index contributed by atoms with van der Waals surface area (Å²) in [6.07, 6.45) is -14.0. The molecule has 0 aliphatic carbocycles. The van der Waals surface area contributed by atoms with Crippen molar-refractivity contribution in [2.45, 2.75) is 94.8 Å². The van der Waals surface area contributed by atoms with Crippen LogP contribution in [0, 0.1) is 0 Å².